The van der Waals surface area contributed by atoms with Crippen LogP contribution in [0.1, 0.15) is 31.4 Å². The average Bonchev–Trinajstić information content (AvgIpc) is 3.64. The third-order valence-corrected chi connectivity index (χ3v) is 9.78. The fourth-order valence-corrected chi connectivity index (χ4v) is 7.62. The smallest absolute Gasteiger partial charge is 0.352 e. The van der Waals surface area contributed by atoms with Crippen molar-refractivity contribution in [3.05, 3.63) is 27.9 Å². The number of thiazole rings is 1. The van der Waals surface area contributed by atoms with E-state index < -0.39 is 29.2 Å². The topological polar surface area (TPSA) is 173 Å². The van der Waals surface area contributed by atoms with Crippen molar-refractivity contribution in [2.45, 2.75) is 47.5 Å². The van der Waals surface area contributed by atoms with E-state index in [1.807, 2.05) is 0 Å². The van der Waals surface area contributed by atoms with Gasteiger partial charge in [0.1, 0.15) is 34.4 Å². The first-order chi connectivity index (χ1) is 17.4. The Balaban J connectivity index is 1.30. The molecule has 0 radical (unpaired) electrons. The van der Waals surface area contributed by atoms with Crippen molar-refractivity contribution in [3.63, 3.8) is 0 Å². The van der Waals surface area contributed by atoms with E-state index >= 15 is 0 Å². The zero-order valence-electron chi connectivity index (χ0n) is 18.7. The van der Waals surface area contributed by atoms with Crippen LogP contribution in [0.2, 0.25) is 0 Å². The van der Waals surface area contributed by atoms with Gasteiger partial charge in [0, 0.05) is 16.9 Å². The highest BCUT2D eigenvalue weighted by Gasteiger charge is 2.54. The van der Waals surface area contributed by atoms with Crippen LogP contribution < -0.4 is 11.1 Å². The molecule has 2 fully saturated rings. The molecule has 190 valence electrons. The molecule has 36 heavy (non-hydrogen) atoms. The summed E-state index contributed by atoms with van der Waals surface area (Å²) in [5.41, 5.74) is 8.11. The lowest BCUT2D eigenvalue weighted by molar-refractivity contribution is -0.150. The normalized spacial score (nSPS) is 22.4. The summed E-state index contributed by atoms with van der Waals surface area (Å²) >= 11 is 5.29. The number of anilines is 1. The number of hydrogen-bond acceptors (Lipinski definition) is 13. The highest BCUT2D eigenvalue weighted by atomic mass is 32.2. The Morgan fingerprint density at radius 2 is 2.14 bits per heavy atom. The fraction of sp³-hybridized carbons (Fsp3) is 0.450. The molecule has 5 rings (SSSR count). The molecule has 1 saturated heterocycles. The number of thioether (sulfide) groups is 2. The first-order valence-corrected chi connectivity index (χ1v) is 14.8. The van der Waals surface area contributed by atoms with E-state index in [2.05, 4.69) is 25.7 Å². The number of β-lactam (4-membered cyclic amide) rings is 1. The molecule has 2 aliphatic heterocycles. The second-order valence-electron chi connectivity index (χ2n) is 8.13. The maximum absolute atomic E-state index is 13.2. The molecular weight excluding hydrogens is 547 g/mol. The molecule has 1 unspecified atom stereocenters. The van der Waals surface area contributed by atoms with E-state index in [4.69, 9.17) is 10.6 Å². The minimum atomic E-state index is -1.18. The Labute approximate surface area is 221 Å². The highest BCUT2D eigenvalue weighted by Crippen LogP contribution is 2.41. The molecule has 12 nitrogen and oxygen atoms in total. The number of nitrogen functional groups attached to an aromatic ring is 1. The van der Waals surface area contributed by atoms with Gasteiger partial charge in [-0.15, -0.1) is 33.3 Å². The van der Waals surface area contributed by atoms with Crippen molar-refractivity contribution in [2.75, 3.05) is 17.2 Å². The number of nitrogens with two attached hydrogens (primary N) is 1. The average molecular weight is 568 g/mol. The van der Waals surface area contributed by atoms with Crippen LogP contribution in [0.4, 0.5) is 5.13 Å². The first-order valence-electron chi connectivity index (χ1n) is 11.0. The Hall–Kier alpha value is -2.69. The number of hydrogen-bond donors (Lipinski definition) is 3. The van der Waals surface area contributed by atoms with Crippen LogP contribution in [0.15, 0.2) is 31.7 Å². The molecule has 4 heterocycles. The Kier molecular flexibility index (Phi) is 7.45. The number of carboxylic acid groups (broad SMARTS) is 1. The maximum Gasteiger partial charge on any atom is 0.352 e. The number of oxime groups is 1. The standard InChI is InChI=1S/C20H21N7O5S4/c21-19-23-11(7-34-19)12(26-32-10-3-1-2-4-10)15(28)24-13-16(29)27-14(18(30)31)9(5-33-17(13)27)6-35-20-25-22-8-36-20/h7-8,10,13,17H,1-6H2,(H2,21,23)(H,24,28)(H,30,31)/t13?,17-/m0/s1. The fourth-order valence-electron chi connectivity index (χ4n) is 4.10. The number of nitrogens with zero attached hydrogens (tertiary/aromatic N) is 5. The van der Waals surface area contributed by atoms with Crippen molar-refractivity contribution >= 4 is 74.8 Å². The van der Waals surface area contributed by atoms with Crippen LogP contribution in [-0.4, -0.2) is 77.7 Å². The van der Waals surface area contributed by atoms with Crippen LogP contribution in [0, 0.1) is 0 Å². The van der Waals surface area contributed by atoms with Crippen molar-refractivity contribution < 1.29 is 24.3 Å². The summed E-state index contributed by atoms with van der Waals surface area (Å²) in [5, 5.41) is 25.7. The molecule has 2 atom stereocenters. The van der Waals surface area contributed by atoms with Gasteiger partial charge in [0.05, 0.1) is 0 Å². The summed E-state index contributed by atoms with van der Waals surface area (Å²) in [5.74, 6) is -1.53. The van der Waals surface area contributed by atoms with Gasteiger partial charge in [0.2, 0.25) is 0 Å². The lowest BCUT2D eigenvalue weighted by Crippen LogP contribution is -2.71. The van der Waals surface area contributed by atoms with Gasteiger partial charge in [0.25, 0.3) is 11.8 Å². The number of aliphatic carboxylic acids is 1. The molecule has 4 N–H and O–H groups in total. The largest absolute Gasteiger partial charge is 0.477 e. The van der Waals surface area contributed by atoms with E-state index in [9.17, 15) is 19.5 Å². The molecule has 16 heteroatoms. The number of carbonyl (C=O) groups is 3. The summed E-state index contributed by atoms with van der Waals surface area (Å²) in [6.45, 7) is 0. The molecule has 3 aliphatic rings. The molecule has 2 aromatic rings. The third-order valence-electron chi connectivity index (χ3n) is 5.82. The molecule has 1 saturated carbocycles. The van der Waals surface area contributed by atoms with Crippen molar-refractivity contribution in [1.29, 1.82) is 0 Å². The zero-order valence-corrected chi connectivity index (χ0v) is 21.9. The number of amides is 2. The maximum atomic E-state index is 13.2. The molecule has 0 aromatic carbocycles. The second kappa shape index (κ2) is 10.7. The number of fused-ring (bicyclic) bond motifs is 1. The van der Waals surface area contributed by atoms with E-state index in [-0.39, 0.29) is 28.3 Å². The number of carboxylic acids is 1. The summed E-state index contributed by atoms with van der Waals surface area (Å²) < 4.78 is 0.716. The van der Waals surface area contributed by atoms with Crippen molar-refractivity contribution in [3.8, 4) is 0 Å². The predicted octanol–water partition coefficient (Wildman–Crippen LogP) is 1.77. The number of nitrogens with one attached hydrogen (secondary N) is 1. The van der Waals surface area contributed by atoms with E-state index in [1.54, 1.807) is 10.9 Å². The van der Waals surface area contributed by atoms with Crippen LogP contribution in [0.25, 0.3) is 0 Å². The van der Waals surface area contributed by atoms with Gasteiger partial charge in [-0.2, -0.15) is 0 Å². The molecule has 2 amide bonds. The Morgan fingerprint density at radius 3 is 2.81 bits per heavy atom. The van der Waals surface area contributed by atoms with Gasteiger partial charge in [-0.1, -0.05) is 28.3 Å². The SMILES string of the molecule is Nc1nc(C(=NOC2CCCC2)C(=O)NC2C(=O)N3C(C(=O)O)=C(CSc4nncs4)CS[C@@H]23)cs1. The van der Waals surface area contributed by atoms with Gasteiger partial charge < -0.3 is 21.0 Å². The monoisotopic (exact) mass is 567 g/mol. The lowest BCUT2D eigenvalue weighted by Gasteiger charge is -2.49. The van der Waals surface area contributed by atoms with Crippen molar-refractivity contribution in [2.24, 2.45) is 5.16 Å². The highest BCUT2D eigenvalue weighted by molar-refractivity contribution is 8.01. The summed E-state index contributed by atoms with van der Waals surface area (Å²) in [4.78, 5) is 49.2. The van der Waals surface area contributed by atoms with Crippen LogP contribution in [0.3, 0.4) is 0 Å². The number of rotatable bonds is 9. The lowest BCUT2D eigenvalue weighted by atomic mass is 10.0. The molecule has 1 aliphatic carbocycles. The second-order valence-corrected chi connectivity index (χ2v) is 12.2. The van der Waals surface area contributed by atoms with Gasteiger partial charge in [-0.3, -0.25) is 14.5 Å². The van der Waals surface area contributed by atoms with Gasteiger partial charge >= 0.3 is 5.97 Å². The Bertz CT molecular complexity index is 1220. The van der Waals surface area contributed by atoms with E-state index in [1.165, 1.54) is 39.8 Å². The van der Waals surface area contributed by atoms with Gasteiger partial charge in [-0.25, -0.2) is 9.78 Å². The third kappa shape index (κ3) is 5.07. The molecule has 0 bridgehead atoms. The number of carbonyl (C=O) groups excluding carboxylic acids is 2. The number of aromatic nitrogens is 3. The van der Waals surface area contributed by atoms with Gasteiger partial charge in [-0.05, 0) is 31.3 Å². The van der Waals surface area contributed by atoms with Crippen molar-refractivity contribution in [1.82, 2.24) is 25.4 Å². The first kappa shape index (κ1) is 25.0. The van der Waals surface area contributed by atoms with Crippen LogP contribution >= 0.6 is 46.2 Å². The minimum Gasteiger partial charge on any atom is -0.477 e. The Morgan fingerprint density at radius 1 is 1.33 bits per heavy atom. The van der Waals surface area contributed by atoms with Gasteiger partial charge in [0.15, 0.2) is 15.2 Å². The van der Waals surface area contributed by atoms with E-state index in [0.717, 1.165) is 37.0 Å². The summed E-state index contributed by atoms with van der Waals surface area (Å²) in [6, 6.07) is -0.901. The minimum absolute atomic E-state index is 0.0444. The summed E-state index contributed by atoms with van der Waals surface area (Å²) in [7, 11) is 0. The van der Waals surface area contributed by atoms with Crippen LogP contribution in [-0.2, 0) is 19.2 Å². The zero-order chi connectivity index (χ0) is 25.2. The van der Waals surface area contributed by atoms with E-state index in [0.29, 0.717) is 21.4 Å². The quantitative estimate of drug-likeness (QED) is 0.174. The molecular formula is C20H21N7O5S4. The molecule has 2 aromatic heterocycles. The predicted molar refractivity (Wildman–Crippen MR) is 137 cm³/mol. The van der Waals surface area contributed by atoms with Crippen LogP contribution in [0.5, 0.6) is 0 Å². The summed E-state index contributed by atoms with van der Waals surface area (Å²) in [6.07, 6.45) is 3.72. The molecule has 0 spiro atoms.